The van der Waals surface area contributed by atoms with Crippen LogP contribution in [-0.4, -0.2) is 10.2 Å². The molecule has 0 fully saturated rings. The lowest BCUT2D eigenvalue weighted by Crippen LogP contribution is -2.23. The van der Waals surface area contributed by atoms with Crippen molar-refractivity contribution in [2.75, 3.05) is 0 Å². The van der Waals surface area contributed by atoms with Gasteiger partial charge in [0, 0.05) is 0 Å². The first-order chi connectivity index (χ1) is 15.4. The third-order valence-corrected chi connectivity index (χ3v) is 6.94. The van der Waals surface area contributed by atoms with Crippen molar-refractivity contribution in [2.24, 2.45) is 5.41 Å². The van der Waals surface area contributed by atoms with E-state index in [4.69, 9.17) is 0 Å². The summed E-state index contributed by atoms with van der Waals surface area (Å²) in [7, 11) is 0. The number of hydrogen-bond donors (Lipinski definition) is 2. The van der Waals surface area contributed by atoms with Gasteiger partial charge in [-0.05, 0) is 73.3 Å². The molecule has 0 aromatic heterocycles. The standard InChI is InChI=1S/C33H52O2/c1-29(2,3)23-15-21(16-24(27(23)34)30(4,5)6)19-33(13,14)20-22-17-25(31(7,8)9)28(35)26(18-22)32(10,11)12/h15-18,34-35H,19-20H2,1-14H3. The Bertz CT molecular complexity index is 903. The summed E-state index contributed by atoms with van der Waals surface area (Å²) in [6.45, 7) is 30.7. The predicted octanol–water partition coefficient (Wildman–Crippen LogP) is 9.10. The van der Waals surface area contributed by atoms with E-state index in [0.29, 0.717) is 11.5 Å². The SMILES string of the molecule is CC(C)(Cc1cc(C(C)(C)C)c(O)c(C(C)(C)C)c1)Cc1cc(C(C)(C)C)c(O)c(C(C)(C)C)c1. The Kier molecular flexibility index (Phi) is 7.66. The van der Waals surface area contributed by atoms with Gasteiger partial charge in [-0.25, -0.2) is 0 Å². The van der Waals surface area contributed by atoms with E-state index in [9.17, 15) is 10.2 Å². The smallest absolute Gasteiger partial charge is 0.123 e. The van der Waals surface area contributed by atoms with Gasteiger partial charge in [0.25, 0.3) is 0 Å². The van der Waals surface area contributed by atoms with Crippen molar-refractivity contribution in [3.8, 4) is 11.5 Å². The summed E-state index contributed by atoms with van der Waals surface area (Å²) < 4.78 is 0. The van der Waals surface area contributed by atoms with Gasteiger partial charge in [0.1, 0.15) is 11.5 Å². The molecule has 0 radical (unpaired) electrons. The summed E-state index contributed by atoms with van der Waals surface area (Å²) >= 11 is 0. The molecule has 2 rings (SSSR count). The second-order valence-corrected chi connectivity index (χ2v) is 15.6. The molecule has 0 aliphatic carbocycles. The van der Waals surface area contributed by atoms with Crippen molar-refractivity contribution < 1.29 is 10.2 Å². The molecule has 2 nitrogen and oxygen atoms in total. The molecule has 2 N–H and O–H groups in total. The molecule has 0 spiro atoms. The van der Waals surface area contributed by atoms with Crippen LogP contribution < -0.4 is 0 Å². The second kappa shape index (κ2) is 9.16. The van der Waals surface area contributed by atoms with Gasteiger partial charge in [-0.15, -0.1) is 0 Å². The highest BCUT2D eigenvalue weighted by Crippen LogP contribution is 2.43. The molecule has 0 unspecified atom stereocenters. The number of benzene rings is 2. The number of hydrogen-bond acceptors (Lipinski definition) is 2. The zero-order valence-corrected chi connectivity index (χ0v) is 25.1. The van der Waals surface area contributed by atoms with Crippen LogP contribution in [0.15, 0.2) is 24.3 Å². The summed E-state index contributed by atoms with van der Waals surface area (Å²) in [4.78, 5) is 0. The molecule has 0 heterocycles. The molecular weight excluding hydrogens is 428 g/mol. The van der Waals surface area contributed by atoms with E-state index in [2.05, 4.69) is 121 Å². The van der Waals surface area contributed by atoms with Crippen molar-refractivity contribution in [1.29, 1.82) is 0 Å². The highest BCUT2D eigenvalue weighted by molar-refractivity contribution is 5.51. The molecule has 35 heavy (non-hydrogen) atoms. The lowest BCUT2D eigenvalue weighted by atomic mass is 9.73. The van der Waals surface area contributed by atoms with E-state index in [1.807, 2.05) is 0 Å². The van der Waals surface area contributed by atoms with Crippen LogP contribution in [0.5, 0.6) is 11.5 Å². The van der Waals surface area contributed by atoms with E-state index < -0.39 is 0 Å². The maximum absolute atomic E-state index is 11.1. The van der Waals surface area contributed by atoms with Crippen LogP contribution in [0.25, 0.3) is 0 Å². The van der Waals surface area contributed by atoms with Crippen LogP contribution in [0.1, 0.15) is 130 Å². The molecule has 0 saturated carbocycles. The molecule has 2 heteroatoms. The van der Waals surface area contributed by atoms with Crippen LogP contribution in [0.3, 0.4) is 0 Å². The van der Waals surface area contributed by atoms with E-state index in [1.165, 1.54) is 11.1 Å². The molecular formula is C33H52O2. The minimum atomic E-state index is -0.135. The Morgan fingerprint density at radius 1 is 0.429 bits per heavy atom. The molecule has 2 aromatic rings. The average Bonchev–Trinajstić information content (AvgIpc) is 2.60. The zero-order chi connectivity index (χ0) is 27.4. The van der Waals surface area contributed by atoms with Gasteiger partial charge in [-0.2, -0.15) is 0 Å². The highest BCUT2D eigenvalue weighted by Gasteiger charge is 2.30. The predicted molar refractivity (Wildman–Crippen MR) is 152 cm³/mol. The zero-order valence-electron chi connectivity index (χ0n) is 25.1. The number of phenols is 2. The Labute approximate surface area is 216 Å². The van der Waals surface area contributed by atoms with Gasteiger partial charge in [-0.3, -0.25) is 0 Å². The van der Waals surface area contributed by atoms with Gasteiger partial charge in [0.2, 0.25) is 0 Å². The van der Waals surface area contributed by atoms with Crippen LogP contribution in [0.2, 0.25) is 0 Å². The third kappa shape index (κ3) is 7.05. The van der Waals surface area contributed by atoms with E-state index in [-0.39, 0.29) is 27.1 Å². The van der Waals surface area contributed by atoms with Gasteiger partial charge in [-0.1, -0.05) is 121 Å². The first-order valence-electron chi connectivity index (χ1n) is 13.2. The minimum absolute atomic E-state index is 0.00254. The average molecular weight is 481 g/mol. The first-order valence-corrected chi connectivity index (χ1v) is 13.2. The number of rotatable bonds is 4. The van der Waals surface area contributed by atoms with E-state index >= 15 is 0 Å². The Morgan fingerprint density at radius 2 is 0.629 bits per heavy atom. The highest BCUT2D eigenvalue weighted by atomic mass is 16.3. The lowest BCUT2D eigenvalue weighted by Gasteiger charge is -2.32. The summed E-state index contributed by atoms with van der Waals surface area (Å²) in [6, 6.07) is 8.85. The summed E-state index contributed by atoms with van der Waals surface area (Å²) in [6.07, 6.45) is 1.83. The van der Waals surface area contributed by atoms with E-state index in [1.54, 1.807) is 0 Å². The van der Waals surface area contributed by atoms with Gasteiger partial charge in [0.15, 0.2) is 0 Å². The third-order valence-electron chi connectivity index (χ3n) is 6.94. The topological polar surface area (TPSA) is 40.5 Å². The Morgan fingerprint density at radius 3 is 0.800 bits per heavy atom. The molecule has 2 aromatic carbocycles. The van der Waals surface area contributed by atoms with Crippen LogP contribution in [0, 0.1) is 5.41 Å². The monoisotopic (exact) mass is 480 g/mol. The summed E-state index contributed by atoms with van der Waals surface area (Å²) in [5.74, 6) is 0.879. The van der Waals surface area contributed by atoms with Crippen molar-refractivity contribution in [2.45, 2.75) is 131 Å². The molecule has 0 aliphatic rings. The molecule has 0 saturated heterocycles. The number of aromatic hydroxyl groups is 2. The van der Waals surface area contributed by atoms with Crippen LogP contribution in [-0.2, 0) is 34.5 Å². The molecule has 0 aliphatic heterocycles. The van der Waals surface area contributed by atoms with Crippen LogP contribution in [0.4, 0.5) is 0 Å². The molecule has 0 amide bonds. The lowest BCUT2D eigenvalue weighted by molar-refractivity contribution is 0.356. The minimum Gasteiger partial charge on any atom is -0.507 e. The first kappa shape index (κ1) is 29.3. The fraction of sp³-hybridized carbons (Fsp3) is 0.636. The van der Waals surface area contributed by atoms with Gasteiger partial charge >= 0.3 is 0 Å². The Balaban J connectivity index is 2.57. The fourth-order valence-electron chi connectivity index (χ4n) is 5.05. The summed E-state index contributed by atoms with van der Waals surface area (Å²) in [5.41, 5.74) is 6.08. The molecule has 0 atom stereocenters. The number of phenolic OH excluding ortho intramolecular Hbond substituents is 2. The van der Waals surface area contributed by atoms with Gasteiger partial charge in [0.05, 0.1) is 0 Å². The van der Waals surface area contributed by atoms with Crippen molar-refractivity contribution in [3.63, 3.8) is 0 Å². The van der Waals surface area contributed by atoms with Crippen molar-refractivity contribution >= 4 is 0 Å². The molecule has 0 bridgehead atoms. The van der Waals surface area contributed by atoms with Crippen LogP contribution >= 0.6 is 0 Å². The van der Waals surface area contributed by atoms with Crippen molar-refractivity contribution in [3.05, 3.63) is 57.6 Å². The fourth-order valence-corrected chi connectivity index (χ4v) is 5.05. The Hall–Kier alpha value is -1.96. The van der Waals surface area contributed by atoms with Gasteiger partial charge < -0.3 is 10.2 Å². The maximum Gasteiger partial charge on any atom is 0.123 e. The largest absolute Gasteiger partial charge is 0.507 e. The second-order valence-electron chi connectivity index (χ2n) is 15.6. The quantitative estimate of drug-likeness (QED) is 0.458. The van der Waals surface area contributed by atoms with Crippen molar-refractivity contribution in [1.82, 2.24) is 0 Å². The molecule has 196 valence electrons. The normalized spacial score (nSPS) is 13.9. The van der Waals surface area contributed by atoms with E-state index in [0.717, 1.165) is 35.1 Å². The summed E-state index contributed by atoms with van der Waals surface area (Å²) in [5, 5.41) is 22.3. The maximum atomic E-state index is 11.1.